The Balaban J connectivity index is 3.02. The molecule has 1 rings (SSSR count). The number of aromatic nitrogens is 2. The van der Waals surface area contributed by atoms with Crippen molar-refractivity contribution in [3.63, 3.8) is 0 Å². The van der Waals surface area contributed by atoms with Gasteiger partial charge in [-0.15, -0.1) is 0 Å². The van der Waals surface area contributed by atoms with E-state index in [1.807, 2.05) is 14.0 Å². The Morgan fingerprint density at radius 3 is 2.05 bits per heavy atom. The fourth-order valence-electron chi connectivity index (χ4n) is 2.19. The fraction of sp³-hybridized carbons (Fsp3) is 0.733. The van der Waals surface area contributed by atoms with Crippen LogP contribution in [0.2, 0.25) is 0 Å². The molecule has 0 fully saturated rings. The molecule has 0 spiro atoms. The zero-order chi connectivity index (χ0) is 14.3. The molecule has 1 aromatic rings. The van der Waals surface area contributed by atoms with E-state index in [-0.39, 0.29) is 0 Å². The van der Waals surface area contributed by atoms with E-state index in [9.17, 15) is 0 Å². The summed E-state index contributed by atoms with van der Waals surface area (Å²) in [4.78, 5) is 11.5. The van der Waals surface area contributed by atoms with E-state index >= 15 is 0 Å². The number of rotatable bonds is 8. The van der Waals surface area contributed by atoms with Gasteiger partial charge in [0.2, 0.25) is 0 Å². The highest BCUT2D eigenvalue weighted by atomic mass is 15.2. The Labute approximate surface area is 117 Å². The summed E-state index contributed by atoms with van der Waals surface area (Å²) in [5, 5.41) is 3.17. The van der Waals surface area contributed by atoms with Gasteiger partial charge in [-0.25, -0.2) is 9.97 Å². The summed E-state index contributed by atoms with van der Waals surface area (Å²) in [6.07, 6.45) is 4.84. The van der Waals surface area contributed by atoms with Crippen LogP contribution in [0, 0.1) is 13.8 Å². The molecule has 0 saturated heterocycles. The van der Waals surface area contributed by atoms with Gasteiger partial charge in [-0.2, -0.15) is 0 Å². The molecule has 4 heteroatoms. The first-order chi connectivity index (χ1) is 9.13. The molecule has 19 heavy (non-hydrogen) atoms. The summed E-state index contributed by atoms with van der Waals surface area (Å²) >= 11 is 0. The van der Waals surface area contributed by atoms with Crippen molar-refractivity contribution in [3.05, 3.63) is 11.4 Å². The van der Waals surface area contributed by atoms with Crippen molar-refractivity contribution >= 4 is 11.6 Å². The number of nitrogens with one attached hydrogen (secondary N) is 1. The monoisotopic (exact) mass is 264 g/mol. The SMILES string of the molecule is CCCCN(CCCC)c1nc(C)nc(NC)c1C. The second kappa shape index (κ2) is 7.97. The van der Waals surface area contributed by atoms with E-state index < -0.39 is 0 Å². The predicted molar refractivity (Wildman–Crippen MR) is 83.1 cm³/mol. The summed E-state index contributed by atoms with van der Waals surface area (Å²) in [5.74, 6) is 2.88. The molecule has 0 bridgehead atoms. The third-order valence-electron chi connectivity index (χ3n) is 3.33. The first-order valence-corrected chi connectivity index (χ1v) is 7.41. The van der Waals surface area contributed by atoms with Gasteiger partial charge in [-0.1, -0.05) is 26.7 Å². The molecule has 1 N–H and O–H groups in total. The van der Waals surface area contributed by atoms with Gasteiger partial charge >= 0.3 is 0 Å². The maximum absolute atomic E-state index is 4.66. The molecule has 0 aliphatic rings. The minimum absolute atomic E-state index is 0.836. The molecule has 0 radical (unpaired) electrons. The summed E-state index contributed by atoms with van der Waals surface area (Å²) < 4.78 is 0. The molecule has 0 amide bonds. The summed E-state index contributed by atoms with van der Waals surface area (Å²) in [6, 6.07) is 0. The Bertz CT molecular complexity index is 382. The van der Waals surface area contributed by atoms with Gasteiger partial charge in [0, 0.05) is 25.7 Å². The summed E-state index contributed by atoms with van der Waals surface area (Å²) in [5.41, 5.74) is 1.15. The molecule has 4 nitrogen and oxygen atoms in total. The van der Waals surface area contributed by atoms with Crippen molar-refractivity contribution in [2.75, 3.05) is 30.4 Å². The van der Waals surface area contributed by atoms with E-state index in [1.165, 1.54) is 25.7 Å². The average Bonchev–Trinajstić information content (AvgIpc) is 2.41. The maximum Gasteiger partial charge on any atom is 0.137 e. The van der Waals surface area contributed by atoms with Gasteiger partial charge in [0.1, 0.15) is 17.5 Å². The molecule has 0 aliphatic carbocycles. The van der Waals surface area contributed by atoms with Crippen LogP contribution in [-0.4, -0.2) is 30.1 Å². The second-order valence-electron chi connectivity index (χ2n) is 5.01. The van der Waals surface area contributed by atoms with Crippen molar-refractivity contribution in [1.29, 1.82) is 0 Å². The lowest BCUT2D eigenvalue weighted by atomic mass is 10.2. The lowest BCUT2D eigenvalue weighted by Crippen LogP contribution is -2.28. The van der Waals surface area contributed by atoms with Crippen LogP contribution >= 0.6 is 0 Å². The largest absolute Gasteiger partial charge is 0.373 e. The molecular formula is C15H28N4. The van der Waals surface area contributed by atoms with Crippen molar-refractivity contribution in [2.45, 2.75) is 53.4 Å². The average molecular weight is 264 g/mol. The van der Waals surface area contributed by atoms with Crippen molar-refractivity contribution in [1.82, 2.24) is 9.97 Å². The van der Waals surface area contributed by atoms with Gasteiger partial charge < -0.3 is 10.2 Å². The standard InChI is InChI=1S/C15H28N4/c1-6-8-10-19(11-9-7-2)15-12(3)14(16-5)17-13(4)18-15/h6-11H2,1-5H3,(H,16,17,18). The molecule has 0 aromatic carbocycles. The fourth-order valence-corrected chi connectivity index (χ4v) is 2.19. The molecule has 108 valence electrons. The van der Waals surface area contributed by atoms with Gasteiger partial charge in [-0.05, 0) is 26.7 Å². The number of nitrogens with zero attached hydrogens (tertiary/aromatic N) is 3. The molecule has 0 atom stereocenters. The maximum atomic E-state index is 4.66. The summed E-state index contributed by atoms with van der Waals surface area (Å²) in [7, 11) is 1.92. The first-order valence-electron chi connectivity index (χ1n) is 7.41. The topological polar surface area (TPSA) is 41.1 Å². The highest BCUT2D eigenvalue weighted by Crippen LogP contribution is 2.24. The minimum Gasteiger partial charge on any atom is -0.373 e. The smallest absolute Gasteiger partial charge is 0.137 e. The number of unbranched alkanes of at least 4 members (excludes halogenated alkanes) is 2. The number of hydrogen-bond acceptors (Lipinski definition) is 4. The number of aryl methyl sites for hydroxylation is 1. The highest BCUT2D eigenvalue weighted by Gasteiger charge is 2.14. The van der Waals surface area contributed by atoms with Gasteiger partial charge in [0.25, 0.3) is 0 Å². The normalized spacial score (nSPS) is 10.6. The Morgan fingerprint density at radius 2 is 1.58 bits per heavy atom. The third kappa shape index (κ3) is 4.37. The van der Waals surface area contributed by atoms with Gasteiger partial charge in [0.05, 0.1) is 0 Å². The van der Waals surface area contributed by atoms with Gasteiger partial charge in [-0.3, -0.25) is 0 Å². The molecule has 0 aliphatic heterocycles. The third-order valence-corrected chi connectivity index (χ3v) is 3.33. The number of hydrogen-bond donors (Lipinski definition) is 1. The number of anilines is 2. The molecule has 0 saturated carbocycles. The minimum atomic E-state index is 0.836. The van der Waals surface area contributed by atoms with Crippen molar-refractivity contribution in [3.8, 4) is 0 Å². The Hall–Kier alpha value is -1.32. The highest BCUT2D eigenvalue weighted by molar-refractivity contribution is 5.58. The van der Waals surface area contributed by atoms with Crippen LogP contribution in [0.4, 0.5) is 11.6 Å². The van der Waals surface area contributed by atoms with Crippen molar-refractivity contribution < 1.29 is 0 Å². The van der Waals surface area contributed by atoms with Gasteiger partial charge in [0.15, 0.2) is 0 Å². The van der Waals surface area contributed by atoms with Crippen molar-refractivity contribution in [2.24, 2.45) is 0 Å². The zero-order valence-corrected chi connectivity index (χ0v) is 13.1. The molecule has 0 unspecified atom stereocenters. The Kier molecular flexibility index (Phi) is 6.60. The first kappa shape index (κ1) is 15.7. The summed E-state index contributed by atoms with van der Waals surface area (Å²) in [6.45, 7) is 10.7. The van der Waals surface area contributed by atoms with Crippen LogP contribution in [0.3, 0.4) is 0 Å². The van der Waals surface area contributed by atoms with Crippen LogP contribution in [0.25, 0.3) is 0 Å². The zero-order valence-electron chi connectivity index (χ0n) is 13.1. The van der Waals surface area contributed by atoms with Crippen LogP contribution in [-0.2, 0) is 0 Å². The quantitative estimate of drug-likeness (QED) is 0.779. The molecular weight excluding hydrogens is 236 g/mol. The Morgan fingerprint density at radius 1 is 1.00 bits per heavy atom. The van der Waals surface area contributed by atoms with Crippen LogP contribution in [0.1, 0.15) is 50.9 Å². The lowest BCUT2D eigenvalue weighted by Gasteiger charge is -2.26. The van der Waals surface area contributed by atoms with E-state index in [1.54, 1.807) is 0 Å². The van der Waals surface area contributed by atoms with E-state index in [0.717, 1.165) is 36.1 Å². The molecule has 1 heterocycles. The van der Waals surface area contributed by atoms with Crippen LogP contribution < -0.4 is 10.2 Å². The van der Waals surface area contributed by atoms with E-state index in [4.69, 9.17) is 0 Å². The van der Waals surface area contributed by atoms with E-state index in [2.05, 4.69) is 41.0 Å². The van der Waals surface area contributed by atoms with Crippen LogP contribution in [0.15, 0.2) is 0 Å². The lowest BCUT2D eigenvalue weighted by molar-refractivity contribution is 0.667. The van der Waals surface area contributed by atoms with Crippen LogP contribution in [0.5, 0.6) is 0 Å². The predicted octanol–water partition coefficient (Wildman–Crippen LogP) is 3.54. The second-order valence-corrected chi connectivity index (χ2v) is 5.01. The van der Waals surface area contributed by atoms with E-state index in [0.29, 0.717) is 0 Å². The molecule has 1 aromatic heterocycles.